The van der Waals surface area contributed by atoms with Crippen molar-refractivity contribution in [2.75, 3.05) is 0 Å². The van der Waals surface area contributed by atoms with E-state index in [9.17, 15) is 4.79 Å². The van der Waals surface area contributed by atoms with Crippen LogP contribution in [0.2, 0.25) is 0 Å². The molecule has 1 aromatic rings. The molecule has 0 bridgehead atoms. The maximum absolute atomic E-state index is 12.7. The fourth-order valence-electron chi connectivity index (χ4n) is 3.60. The van der Waals surface area contributed by atoms with Crippen molar-refractivity contribution in [2.24, 2.45) is 5.10 Å². The molecule has 4 rings (SSSR count). The molecule has 1 N–H and O–H groups in total. The van der Waals surface area contributed by atoms with Crippen molar-refractivity contribution < 1.29 is 28.5 Å². The van der Waals surface area contributed by atoms with Crippen LogP contribution in [0.4, 0.5) is 0 Å². The highest BCUT2D eigenvalue weighted by molar-refractivity contribution is 5.85. The minimum atomic E-state index is -0.927. The van der Waals surface area contributed by atoms with E-state index in [-0.39, 0.29) is 0 Å². The molecular weight excluding hydrogens is 352 g/mol. The van der Waals surface area contributed by atoms with Gasteiger partial charge in [0.15, 0.2) is 24.0 Å². The number of hydrazone groups is 1. The second kappa shape index (κ2) is 6.65. The first-order chi connectivity index (χ1) is 12.7. The lowest BCUT2D eigenvalue weighted by Crippen LogP contribution is -2.59. The van der Waals surface area contributed by atoms with E-state index in [4.69, 9.17) is 23.7 Å². The van der Waals surface area contributed by atoms with E-state index in [1.54, 1.807) is 33.9 Å². The van der Waals surface area contributed by atoms with Crippen molar-refractivity contribution in [2.45, 2.75) is 70.0 Å². The minimum absolute atomic E-state index is 0.426. The number of nitrogens with zero attached hydrogens (tertiary/aromatic N) is 1. The summed E-state index contributed by atoms with van der Waals surface area (Å²) in [5.74, 6) is -2.10. The molecule has 0 aliphatic carbocycles. The van der Waals surface area contributed by atoms with Crippen LogP contribution in [-0.2, 0) is 28.5 Å². The van der Waals surface area contributed by atoms with Crippen LogP contribution >= 0.6 is 0 Å². The van der Waals surface area contributed by atoms with Gasteiger partial charge in [0.25, 0.3) is 5.91 Å². The van der Waals surface area contributed by atoms with Gasteiger partial charge in [0.05, 0.1) is 6.21 Å². The van der Waals surface area contributed by atoms with E-state index < -0.39 is 48.2 Å². The van der Waals surface area contributed by atoms with Gasteiger partial charge in [0, 0.05) is 0 Å². The van der Waals surface area contributed by atoms with E-state index in [0.717, 1.165) is 5.56 Å². The SMILES string of the molecule is CC1(C)O[C@@H]2O[C@@H](C(=O)N/N=C\c3ccccc3)[C@H]3OC(C)(C)O[C@H]3[C@H]2O1. The van der Waals surface area contributed by atoms with Crippen LogP contribution in [-0.4, -0.2) is 54.4 Å². The predicted octanol–water partition coefficient (Wildman–Crippen LogP) is 1.53. The molecule has 8 heteroatoms. The van der Waals surface area contributed by atoms with Crippen molar-refractivity contribution in [3.8, 4) is 0 Å². The Bertz CT molecular complexity index is 735. The zero-order chi connectivity index (χ0) is 19.2. The highest BCUT2D eigenvalue weighted by atomic mass is 16.9. The third-order valence-corrected chi connectivity index (χ3v) is 4.60. The van der Waals surface area contributed by atoms with Crippen LogP contribution in [0.3, 0.4) is 0 Å². The second-order valence-corrected chi connectivity index (χ2v) is 7.73. The third-order valence-electron chi connectivity index (χ3n) is 4.60. The summed E-state index contributed by atoms with van der Waals surface area (Å²) in [6.45, 7) is 7.18. The number of carbonyl (C=O) groups excluding carboxylic acids is 1. The van der Waals surface area contributed by atoms with E-state index in [0.29, 0.717) is 0 Å². The molecule has 27 heavy (non-hydrogen) atoms. The van der Waals surface area contributed by atoms with E-state index >= 15 is 0 Å². The van der Waals surface area contributed by atoms with Gasteiger partial charge in [-0.05, 0) is 33.3 Å². The Morgan fingerprint density at radius 3 is 2.33 bits per heavy atom. The van der Waals surface area contributed by atoms with Crippen molar-refractivity contribution in [1.82, 2.24) is 5.43 Å². The average molecular weight is 376 g/mol. The predicted molar refractivity (Wildman–Crippen MR) is 94.7 cm³/mol. The lowest BCUT2D eigenvalue weighted by Gasteiger charge is -2.36. The summed E-state index contributed by atoms with van der Waals surface area (Å²) >= 11 is 0. The highest BCUT2D eigenvalue weighted by Crippen LogP contribution is 2.44. The van der Waals surface area contributed by atoms with Crippen LogP contribution in [0.15, 0.2) is 35.4 Å². The lowest BCUT2D eigenvalue weighted by atomic mass is 9.98. The molecule has 0 radical (unpaired) electrons. The molecule has 146 valence electrons. The van der Waals surface area contributed by atoms with Gasteiger partial charge in [-0.3, -0.25) is 4.79 Å². The van der Waals surface area contributed by atoms with E-state index in [1.165, 1.54) is 0 Å². The lowest BCUT2D eigenvalue weighted by molar-refractivity contribution is -0.231. The molecule has 3 fully saturated rings. The molecule has 0 aromatic heterocycles. The number of carbonyl (C=O) groups is 1. The van der Waals surface area contributed by atoms with Gasteiger partial charge in [-0.1, -0.05) is 30.3 Å². The first kappa shape index (κ1) is 18.5. The molecule has 8 nitrogen and oxygen atoms in total. The molecular formula is C19H24N2O6. The van der Waals surface area contributed by atoms with Gasteiger partial charge >= 0.3 is 0 Å². The summed E-state index contributed by atoms with van der Waals surface area (Å²) in [6, 6.07) is 9.46. The molecule has 1 aromatic carbocycles. The highest BCUT2D eigenvalue weighted by Gasteiger charge is 2.62. The number of rotatable bonds is 3. The number of nitrogens with one attached hydrogen (secondary N) is 1. The molecule has 1 amide bonds. The monoisotopic (exact) mass is 376 g/mol. The second-order valence-electron chi connectivity index (χ2n) is 7.73. The summed E-state index contributed by atoms with van der Waals surface area (Å²) in [4.78, 5) is 12.7. The molecule has 5 atom stereocenters. The molecule has 3 heterocycles. The fourth-order valence-corrected chi connectivity index (χ4v) is 3.60. The van der Waals surface area contributed by atoms with Crippen LogP contribution in [0, 0.1) is 0 Å². The summed E-state index contributed by atoms with van der Waals surface area (Å²) in [7, 11) is 0. The van der Waals surface area contributed by atoms with Crippen LogP contribution in [0.25, 0.3) is 0 Å². The molecule has 0 unspecified atom stereocenters. The Kier molecular flexibility index (Phi) is 4.56. The Hall–Kier alpha value is -1.84. The summed E-state index contributed by atoms with van der Waals surface area (Å²) in [5, 5.41) is 4.01. The Balaban J connectivity index is 1.49. The maximum Gasteiger partial charge on any atom is 0.272 e. The number of fused-ring (bicyclic) bond motifs is 3. The standard InChI is InChI=1S/C19H24N2O6/c1-18(2)24-12-13(25-18)15-17(27-19(3,4)26-15)23-14(12)16(22)21-20-10-11-8-6-5-7-9-11/h5-10,12-15,17H,1-4H3,(H,21,22)/b20-10-/t12-,13+,14+,15+,17-/m0/s1. The van der Waals surface area contributed by atoms with Gasteiger partial charge in [-0.2, -0.15) is 5.10 Å². The topological polar surface area (TPSA) is 87.6 Å². The van der Waals surface area contributed by atoms with E-state index in [2.05, 4.69) is 10.5 Å². The molecule has 3 aliphatic heterocycles. The van der Waals surface area contributed by atoms with Crippen molar-refractivity contribution in [1.29, 1.82) is 0 Å². The zero-order valence-electron chi connectivity index (χ0n) is 15.7. The number of hydrogen-bond donors (Lipinski definition) is 1. The first-order valence-electron chi connectivity index (χ1n) is 8.99. The first-order valence-corrected chi connectivity index (χ1v) is 8.99. The Morgan fingerprint density at radius 1 is 0.963 bits per heavy atom. The van der Waals surface area contributed by atoms with Gasteiger partial charge in [-0.15, -0.1) is 0 Å². The summed E-state index contributed by atoms with van der Waals surface area (Å²) in [5.41, 5.74) is 3.39. The Labute approximate surface area is 157 Å². The molecule has 3 aliphatic rings. The largest absolute Gasteiger partial charge is 0.342 e. The van der Waals surface area contributed by atoms with Gasteiger partial charge < -0.3 is 23.7 Å². The Morgan fingerprint density at radius 2 is 1.59 bits per heavy atom. The maximum atomic E-state index is 12.7. The van der Waals surface area contributed by atoms with E-state index in [1.807, 2.05) is 30.3 Å². The van der Waals surface area contributed by atoms with Crippen LogP contribution in [0.1, 0.15) is 33.3 Å². The number of hydrogen-bond acceptors (Lipinski definition) is 7. The normalized spacial score (nSPS) is 36.4. The third kappa shape index (κ3) is 3.76. The zero-order valence-corrected chi connectivity index (χ0v) is 15.7. The van der Waals surface area contributed by atoms with Crippen molar-refractivity contribution in [3.05, 3.63) is 35.9 Å². The van der Waals surface area contributed by atoms with Crippen molar-refractivity contribution in [3.63, 3.8) is 0 Å². The average Bonchev–Trinajstić information content (AvgIpc) is 3.09. The number of amides is 1. The smallest absolute Gasteiger partial charge is 0.272 e. The number of ether oxygens (including phenoxy) is 5. The van der Waals surface area contributed by atoms with Crippen LogP contribution in [0.5, 0.6) is 0 Å². The molecule has 0 saturated carbocycles. The van der Waals surface area contributed by atoms with Gasteiger partial charge in [0.2, 0.25) is 0 Å². The summed E-state index contributed by atoms with van der Waals surface area (Å²) in [6.07, 6.45) is -1.64. The van der Waals surface area contributed by atoms with Crippen molar-refractivity contribution >= 4 is 12.1 Å². The summed E-state index contributed by atoms with van der Waals surface area (Å²) < 4.78 is 29.5. The minimum Gasteiger partial charge on any atom is -0.342 e. The van der Waals surface area contributed by atoms with Gasteiger partial charge in [-0.25, -0.2) is 5.43 Å². The molecule has 0 spiro atoms. The molecule has 3 saturated heterocycles. The number of benzene rings is 1. The van der Waals surface area contributed by atoms with Gasteiger partial charge in [0.1, 0.15) is 18.3 Å². The quantitative estimate of drug-likeness (QED) is 0.636. The fraction of sp³-hybridized carbons (Fsp3) is 0.579. The van der Waals surface area contributed by atoms with Crippen LogP contribution < -0.4 is 5.43 Å².